The molecule has 168 valence electrons. The summed E-state index contributed by atoms with van der Waals surface area (Å²) in [7, 11) is 0. The average Bonchev–Trinajstić information content (AvgIpc) is 2.81. The van der Waals surface area contributed by atoms with Crippen molar-refractivity contribution in [3.63, 3.8) is 0 Å². The molecule has 9 heteroatoms. The third-order valence-electron chi connectivity index (χ3n) is 5.13. The minimum atomic E-state index is -0.564. The van der Waals surface area contributed by atoms with Gasteiger partial charge in [-0.15, -0.1) is 0 Å². The minimum absolute atomic E-state index is 0.0125. The maximum absolute atomic E-state index is 13.8. The van der Waals surface area contributed by atoms with Crippen LogP contribution in [0.1, 0.15) is 5.56 Å². The second-order valence-corrected chi connectivity index (χ2v) is 7.36. The van der Waals surface area contributed by atoms with Crippen LogP contribution in [0.15, 0.2) is 72.8 Å². The number of rotatable bonds is 5. The molecule has 1 heterocycles. The van der Waals surface area contributed by atoms with Gasteiger partial charge in [-0.1, -0.05) is 30.3 Å². The van der Waals surface area contributed by atoms with Crippen molar-refractivity contribution in [1.82, 2.24) is 5.32 Å². The summed E-state index contributed by atoms with van der Waals surface area (Å²) >= 11 is 0. The van der Waals surface area contributed by atoms with Crippen molar-refractivity contribution in [3.05, 3.63) is 90.0 Å². The molecule has 0 unspecified atom stereocenters. The lowest BCUT2D eigenvalue weighted by Gasteiger charge is -2.35. The number of amides is 4. The van der Waals surface area contributed by atoms with Gasteiger partial charge >= 0.3 is 6.03 Å². The molecule has 3 aromatic carbocycles. The number of nitrogens with one attached hydrogen (secondary N) is 2. The number of carbonyl (C=O) groups is 3. The highest BCUT2D eigenvalue weighted by Gasteiger charge is 2.33. The maximum atomic E-state index is 13.8. The minimum Gasteiger partial charge on any atom is -0.350 e. The lowest BCUT2D eigenvalue weighted by Crippen LogP contribution is -2.52. The predicted molar refractivity (Wildman–Crippen MR) is 120 cm³/mol. The van der Waals surface area contributed by atoms with Gasteiger partial charge < -0.3 is 10.6 Å². The summed E-state index contributed by atoms with van der Waals surface area (Å²) in [4.78, 5) is 40.7. The molecule has 0 aromatic heterocycles. The van der Waals surface area contributed by atoms with E-state index in [4.69, 9.17) is 0 Å². The van der Waals surface area contributed by atoms with Crippen molar-refractivity contribution in [3.8, 4) is 0 Å². The molecule has 0 saturated carbocycles. The van der Waals surface area contributed by atoms with E-state index in [-0.39, 0.29) is 19.6 Å². The molecule has 0 aliphatic carbocycles. The molecular weight excluding hydrogens is 430 g/mol. The molecule has 0 bridgehead atoms. The molecule has 1 aliphatic rings. The quantitative estimate of drug-likeness (QED) is 0.623. The number of carbonyl (C=O) groups excluding carboxylic acids is 3. The number of hydrogen-bond donors (Lipinski definition) is 2. The Morgan fingerprint density at radius 2 is 1.55 bits per heavy atom. The highest BCUT2D eigenvalue weighted by Crippen LogP contribution is 2.33. The van der Waals surface area contributed by atoms with Gasteiger partial charge in [0.05, 0.1) is 11.4 Å². The van der Waals surface area contributed by atoms with Crippen LogP contribution in [0.4, 0.5) is 30.6 Å². The second kappa shape index (κ2) is 9.47. The van der Waals surface area contributed by atoms with Gasteiger partial charge in [0.1, 0.15) is 24.7 Å². The first kappa shape index (κ1) is 21.9. The van der Waals surface area contributed by atoms with Gasteiger partial charge in [0.2, 0.25) is 11.8 Å². The normalized spacial score (nSPS) is 12.8. The number of para-hydroxylation sites is 2. The first-order valence-corrected chi connectivity index (χ1v) is 10.2. The average molecular weight is 450 g/mol. The van der Waals surface area contributed by atoms with Crippen LogP contribution in [0.3, 0.4) is 0 Å². The smallest absolute Gasteiger partial charge is 0.326 e. The van der Waals surface area contributed by atoms with Crippen molar-refractivity contribution < 1.29 is 23.2 Å². The Labute approximate surface area is 188 Å². The summed E-state index contributed by atoms with van der Waals surface area (Å²) in [5, 5.41) is 5.25. The van der Waals surface area contributed by atoms with Crippen LogP contribution in [0.25, 0.3) is 0 Å². The second-order valence-electron chi connectivity index (χ2n) is 7.36. The van der Waals surface area contributed by atoms with Crippen molar-refractivity contribution in [1.29, 1.82) is 0 Å². The fourth-order valence-corrected chi connectivity index (χ4v) is 3.47. The van der Waals surface area contributed by atoms with Gasteiger partial charge in [0.15, 0.2) is 0 Å². The molecular formula is C24H20F2N4O3. The topological polar surface area (TPSA) is 81.8 Å². The van der Waals surface area contributed by atoms with Crippen LogP contribution < -0.4 is 20.4 Å². The highest BCUT2D eigenvalue weighted by atomic mass is 19.1. The van der Waals surface area contributed by atoms with Crippen LogP contribution in [0.5, 0.6) is 0 Å². The maximum Gasteiger partial charge on any atom is 0.326 e. The summed E-state index contributed by atoms with van der Waals surface area (Å²) in [6.07, 6.45) is 0. The number of benzene rings is 3. The van der Waals surface area contributed by atoms with E-state index in [2.05, 4.69) is 10.6 Å². The molecule has 4 amide bonds. The van der Waals surface area contributed by atoms with E-state index in [0.29, 0.717) is 22.6 Å². The SMILES string of the molecule is O=C(CN1C(=O)CN(C(=O)Nc2ccc(F)cc2)c2ccccc21)NCc1ccccc1F. The van der Waals surface area contributed by atoms with Crippen LogP contribution in [-0.2, 0) is 16.1 Å². The summed E-state index contributed by atoms with van der Waals surface area (Å²) in [5.74, 6) is -1.79. The Morgan fingerprint density at radius 1 is 0.879 bits per heavy atom. The van der Waals surface area contributed by atoms with E-state index in [0.717, 1.165) is 0 Å². The number of fused-ring (bicyclic) bond motifs is 1. The number of hydrogen-bond acceptors (Lipinski definition) is 3. The third-order valence-corrected chi connectivity index (χ3v) is 5.13. The standard InChI is InChI=1S/C24H20F2N4O3/c25-17-9-11-18(12-10-17)28-24(33)30-15-23(32)29(20-7-3-4-8-21(20)30)14-22(31)27-13-16-5-1-2-6-19(16)26/h1-12H,13-15H2,(H,27,31)(H,28,33). The van der Waals surface area contributed by atoms with Crippen molar-refractivity contribution >= 4 is 34.9 Å². The van der Waals surface area contributed by atoms with E-state index in [9.17, 15) is 23.2 Å². The Bertz CT molecular complexity index is 1200. The molecule has 0 saturated heterocycles. The van der Waals surface area contributed by atoms with Gasteiger partial charge in [0, 0.05) is 17.8 Å². The zero-order chi connectivity index (χ0) is 23.4. The number of urea groups is 1. The van der Waals surface area contributed by atoms with Crippen LogP contribution in [0.2, 0.25) is 0 Å². The van der Waals surface area contributed by atoms with Gasteiger partial charge in [-0.25, -0.2) is 13.6 Å². The molecule has 33 heavy (non-hydrogen) atoms. The summed E-state index contributed by atoms with van der Waals surface area (Å²) in [5.41, 5.74) is 1.55. The molecule has 1 aliphatic heterocycles. The zero-order valence-electron chi connectivity index (χ0n) is 17.4. The molecule has 0 spiro atoms. The van der Waals surface area contributed by atoms with Crippen molar-refractivity contribution in [2.24, 2.45) is 0 Å². The first-order chi connectivity index (χ1) is 15.9. The molecule has 2 N–H and O–H groups in total. The fourth-order valence-electron chi connectivity index (χ4n) is 3.47. The molecule has 0 radical (unpaired) electrons. The number of halogens is 2. The highest BCUT2D eigenvalue weighted by molar-refractivity contribution is 6.14. The Kier molecular flexibility index (Phi) is 6.30. The Hall–Kier alpha value is -4.27. The lowest BCUT2D eigenvalue weighted by molar-refractivity contribution is -0.123. The van der Waals surface area contributed by atoms with Crippen molar-refractivity contribution in [2.75, 3.05) is 28.2 Å². The monoisotopic (exact) mass is 450 g/mol. The van der Waals surface area contributed by atoms with Crippen molar-refractivity contribution in [2.45, 2.75) is 6.54 Å². The van der Waals surface area contributed by atoms with E-state index >= 15 is 0 Å². The number of nitrogens with zero attached hydrogens (tertiary/aromatic N) is 2. The van der Waals surface area contributed by atoms with E-state index in [1.165, 1.54) is 40.1 Å². The largest absolute Gasteiger partial charge is 0.350 e. The molecule has 4 rings (SSSR count). The van der Waals surface area contributed by atoms with Gasteiger partial charge in [-0.3, -0.25) is 19.4 Å². The summed E-state index contributed by atoms with van der Waals surface area (Å²) < 4.78 is 26.9. The van der Waals surface area contributed by atoms with E-state index in [1.807, 2.05) is 0 Å². The van der Waals surface area contributed by atoms with Crippen LogP contribution in [-0.4, -0.2) is 30.9 Å². The number of anilines is 3. The Balaban J connectivity index is 1.48. The van der Waals surface area contributed by atoms with Gasteiger partial charge in [-0.05, 0) is 42.5 Å². The van der Waals surface area contributed by atoms with Crippen LogP contribution in [0, 0.1) is 11.6 Å². The first-order valence-electron chi connectivity index (χ1n) is 10.2. The van der Waals surface area contributed by atoms with E-state index < -0.39 is 29.5 Å². The van der Waals surface area contributed by atoms with Gasteiger partial charge in [0.25, 0.3) is 0 Å². The lowest BCUT2D eigenvalue weighted by atomic mass is 10.1. The zero-order valence-corrected chi connectivity index (χ0v) is 17.4. The fraction of sp³-hybridized carbons (Fsp3) is 0.125. The molecule has 0 fully saturated rings. The van der Waals surface area contributed by atoms with Gasteiger partial charge in [-0.2, -0.15) is 0 Å². The van der Waals surface area contributed by atoms with E-state index in [1.54, 1.807) is 42.5 Å². The molecule has 3 aromatic rings. The Morgan fingerprint density at radius 3 is 2.27 bits per heavy atom. The third kappa shape index (κ3) is 4.98. The van der Waals surface area contributed by atoms with Crippen LogP contribution >= 0.6 is 0 Å². The predicted octanol–water partition coefficient (Wildman–Crippen LogP) is 3.67. The molecule has 7 nitrogen and oxygen atoms in total. The molecule has 0 atom stereocenters. The summed E-state index contributed by atoms with van der Waals surface area (Å²) in [6, 6.07) is 17.5. The summed E-state index contributed by atoms with van der Waals surface area (Å²) in [6.45, 7) is -0.580.